The molecular weight excluding hydrogens is 304 g/mol. The lowest BCUT2D eigenvalue weighted by Crippen LogP contribution is -2.71. The zero-order valence-corrected chi connectivity index (χ0v) is 16.7. The summed E-state index contributed by atoms with van der Waals surface area (Å²) in [5.74, 6) is 0. The Bertz CT molecular complexity index is 465. The van der Waals surface area contributed by atoms with Gasteiger partial charge in [0, 0.05) is 13.2 Å². The van der Waals surface area contributed by atoms with Crippen LogP contribution in [0, 0.1) is 0 Å². The van der Waals surface area contributed by atoms with Crippen LogP contribution in [0.15, 0.2) is 30.3 Å². The standard InChI is InChI=1S/C18H30O2Si2/c1-21-17(12-6-8-14-19-17)18(13-7-9-15-20-18)22(2)16-10-4-3-5-11-16/h3-5,10-11,22H,6-9,12-15,21H2,1-2H3. The minimum absolute atomic E-state index is 0.0357. The van der Waals surface area contributed by atoms with Crippen molar-refractivity contribution in [2.24, 2.45) is 0 Å². The average Bonchev–Trinajstić information content (AvgIpc) is 2.63. The summed E-state index contributed by atoms with van der Waals surface area (Å²) in [6.07, 6.45) is 7.54. The van der Waals surface area contributed by atoms with Crippen molar-refractivity contribution in [3.63, 3.8) is 0 Å². The Labute approximate surface area is 139 Å². The highest BCUT2D eigenvalue weighted by atomic mass is 28.3. The lowest BCUT2D eigenvalue weighted by atomic mass is 9.96. The number of benzene rings is 1. The van der Waals surface area contributed by atoms with Crippen LogP contribution in [0.2, 0.25) is 13.1 Å². The third-order valence-corrected chi connectivity index (χ3v) is 12.5. The number of hydrogen-bond donors (Lipinski definition) is 0. The summed E-state index contributed by atoms with van der Waals surface area (Å²) in [4.78, 5) is 0. The summed E-state index contributed by atoms with van der Waals surface area (Å²) >= 11 is 0. The van der Waals surface area contributed by atoms with Crippen LogP contribution in [0.25, 0.3) is 0 Å². The molecule has 1 aromatic rings. The van der Waals surface area contributed by atoms with Crippen LogP contribution in [0.1, 0.15) is 38.5 Å². The maximum atomic E-state index is 6.69. The SMILES string of the molecule is C[SiH2]C1(C2([SiH](C)c3ccccc3)CCCCO2)CCCCO1. The lowest BCUT2D eigenvalue weighted by molar-refractivity contribution is -0.162. The molecule has 122 valence electrons. The van der Waals surface area contributed by atoms with E-state index in [1.54, 1.807) is 5.19 Å². The molecule has 2 nitrogen and oxygen atoms in total. The first-order chi connectivity index (χ1) is 10.7. The first kappa shape index (κ1) is 16.4. The van der Waals surface area contributed by atoms with Crippen molar-refractivity contribution in [1.29, 1.82) is 0 Å². The largest absolute Gasteiger partial charge is 0.377 e. The Kier molecular flexibility index (Phi) is 5.22. The van der Waals surface area contributed by atoms with Crippen LogP contribution in [0.3, 0.4) is 0 Å². The molecular formula is C18H30O2Si2. The predicted molar refractivity (Wildman–Crippen MR) is 98.6 cm³/mol. The lowest BCUT2D eigenvalue weighted by Gasteiger charge is -2.56. The van der Waals surface area contributed by atoms with Crippen LogP contribution in [0.5, 0.6) is 0 Å². The second-order valence-electron chi connectivity index (χ2n) is 6.98. The van der Waals surface area contributed by atoms with Crippen LogP contribution >= 0.6 is 0 Å². The van der Waals surface area contributed by atoms with Gasteiger partial charge in [-0.2, -0.15) is 0 Å². The molecule has 0 N–H and O–H groups in total. The van der Waals surface area contributed by atoms with Crippen molar-refractivity contribution in [3.05, 3.63) is 30.3 Å². The molecule has 2 aliphatic heterocycles. The number of ether oxygens (including phenoxy) is 2. The van der Waals surface area contributed by atoms with Crippen molar-refractivity contribution >= 4 is 23.5 Å². The molecule has 0 saturated carbocycles. The van der Waals surface area contributed by atoms with Gasteiger partial charge >= 0.3 is 0 Å². The molecule has 4 heteroatoms. The molecule has 2 heterocycles. The van der Waals surface area contributed by atoms with Gasteiger partial charge in [-0.25, -0.2) is 0 Å². The Balaban J connectivity index is 2.00. The van der Waals surface area contributed by atoms with E-state index in [0.29, 0.717) is 0 Å². The van der Waals surface area contributed by atoms with Gasteiger partial charge in [-0.15, -0.1) is 0 Å². The monoisotopic (exact) mass is 334 g/mol. The molecule has 22 heavy (non-hydrogen) atoms. The van der Waals surface area contributed by atoms with Gasteiger partial charge < -0.3 is 9.47 Å². The van der Waals surface area contributed by atoms with Gasteiger partial charge in [0.15, 0.2) is 0 Å². The van der Waals surface area contributed by atoms with E-state index in [-0.39, 0.29) is 20.0 Å². The smallest absolute Gasteiger partial charge is 0.108 e. The van der Waals surface area contributed by atoms with E-state index in [1.807, 2.05) is 0 Å². The summed E-state index contributed by atoms with van der Waals surface area (Å²) in [5, 5.41) is 1.67. The maximum absolute atomic E-state index is 6.69. The zero-order chi connectivity index (χ0) is 15.5. The fourth-order valence-corrected chi connectivity index (χ4v) is 11.4. The summed E-state index contributed by atoms with van der Waals surface area (Å²) in [5.41, 5.74) is 0. The first-order valence-corrected chi connectivity index (χ1v) is 13.5. The van der Waals surface area contributed by atoms with Crippen molar-refractivity contribution < 1.29 is 9.47 Å². The molecule has 0 amide bonds. The van der Waals surface area contributed by atoms with Gasteiger partial charge in [0.1, 0.15) is 8.80 Å². The molecule has 2 fully saturated rings. The van der Waals surface area contributed by atoms with Crippen molar-refractivity contribution in [2.75, 3.05) is 13.2 Å². The van der Waals surface area contributed by atoms with Gasteiger partial charge in [0.25, 0.3) is 0 Å². The molecule has 2 aliphatic rings. The summed E-state index contributed by atoms with van der Waals surface area (Å²) in [6, 6.07) is 11.1. The van der Waals surface area contributed by atoms with E-state index in [9.17, 15) is 0 Å². The van der Waals surface area contributed by atoms with Gasteiger partial charge in [0.2, 0.25) is 0 Å². The van der Waals surface area contributed by atoms with Gasteiger partial charge in [-0.3, -0.25) is 0 Å². The third-order valence-electron chi connectivity index (χ3n) is 6.00. The maximum Gasteiger partial charge on any atom is 0.108 e. The van der Waals surface area contributed by atoms with Crippen molar-refractivity contribution in [2.45, 2.75) is 62.1 Å². The topological polar surface area (TPSA) is 18.5 Å². The highest BCUT2D eigenvalue weighted by molar-refractivity contribution is 6.76. The molecule has 0 bridgehead atoms. The van der Waals surface area contributed by atoms with E-state index in [0.717, 1.165) is 13.2 Å². The highest BCUT2D eigenvalue weighted by Crippen LogP contribution is 2.44. The predicted octanol–water partition coefficient (Wildman–Crippen LogP) is 2.34. The highest BCUT2D eigenvalue weighted by Gasteiger charge is 2.57. The molecule has 3 unspecified atom stereocenters. The minimum atomic E-state index is -1.25. The normalized spacial score (nSPS) is 34.8. The summed E-state index contributed by atoms with van der Waals surface area (Å²) in [7, 11) is -1.55. The van der Waals surface area contributed by atoms with Crippen LogP contribution in [-0.2, 0) is 9.47 Å². The Morgan fingerprint density at radius 3 is 2.18 bits per heavy atom. The molecule has 0 aromatic heterocycles. The fraction of sp³-hybridized carbons (Fsp3) is 0.667. The van der Waals surface area contributed by atoms with E-state index in [4.69, 9.17) is 9.47 Å². The van der Waals surface area contributed by atoms with E-state index >= 15 is 0 Å². The second-order valence-corrected chi connectivity index (χ2v) is 11.9. The van der Waals surface area contributed by atoms with E-state index < -0.39 is 8.80 Å². The molecule has 1 aromatic carbocycles. The summed E-state index contributed by atoms with van der Waals surface area (Å²) < 4.78 is 13.3. The van der Waals surface area contributed by atoms with E-state index in [2.05, 4.69) is 43.4 Å². The van der Waals surface area contributed by atoms with Gasteiger partial charge in [-0.1, -0.05) is 48.6 Å². The zero-order valence-electron chi connectivity index (χ0n) is 14.1. The van der Waals surface area contributed by atoms with Crippen molar-refractivity contribution in [3.8, 4) is 0 Å². The third kappa shape index (κ3) is 2.75. The molecule has 3 rings (SSSR count). The average molecular weight is 335 g/mol. The number of rotatable bonds is 4. The van der Waals surface area contributed by atoms with Gasteiger partial charge in [-0.05, 0) is 38.5 Å². The Hall–Kier alpha value is -0.426. The second kappa shape index (κ2) is 6.99. The Morgan fingerprint density at radius 1 is 0.955 bits per heavy atom. The molecule has 3 atom stereocenters. The van der Waals surface area contributed by atoms with Crippen LogP contribution < -0.4 is 5.19 Å². The summed E-state index contributed by atoms with van der Waals surface area (Å²) in [6.45, 7) is 6.83. The molecule has 2 saturated heterocycles. The van der Waals surface area contributed by atoms with Crippen LogP contribution in [-0.4, -0.2) is 42.0 Å². The quantitative estimate of drug-likeness (QED) is 0.787. The Morgan fingerprint density at radius 2 is 1.64 bits per heavy atom. The number of hydrogen-bond acceptors (Lipinski definition) is 2. The van der Waals surface area contributed by atoms with E-state index in [1.165, 1.54) is 38.5 Å². The molecule has 0 radical (unpaired) electrons. The molecule has 0 aliphatic carbocycles. The molecule has 0 spiro atoms. The van der Waals surface area contributed by atoms with Crippen LogP contribution in [0.4, 0.5) is 0 Å². The van der Waals surface area contributed by atoms with Crippen molar-refractivity contribution in [1.82, 2.24) is 0 Å². The first-order valence-electron chi connectivity index (χ1n) is 9.07. The van der Waals surface area contributed by atoms with Gasteiger partial charge in [0.05, 0.1) is 20.0 Å². The minimum Gasteiger partial charge on any atom is -0.377 e. The fourth-order valence-electron chi connectivity index (χ4n) is 4.69.